The Hall–Kier alpha value is -1.16. The maximum absolute atomic E-state index is 10.9. The second-order valence-electron chi connectivity index (χ2n) is 2.38. The van der Waals surface area contributed by atoms with Crippen LogP contribution < -0.4 is 0 Å². The lowest BCUT2D eigenvalue weighted by atomic mass is 10.1. The number of nitrogens with zero attached hydrogens (tertiary/aromatic N) is 1. The number of aliphatic hydroxyl groups is 1. The lowest BCUT2D eigenvalue weighted by Gasteiger charge is -1.93. The van der Waals surface area contributed by atoms with Crippen LogP contribution in [0.3, 0.4) is 0 Å². The van der Waals surface area contributed by atoms with E-state index in [-0.39, 0.29) is 12.4 Å². The van der Waals surface area contributed by atoms with Gasteiger partial charge in [0.05, 0.1) is 17.9 Å². The van der Waals surface area contributed by atoms with Crippen LogP contribution in [0.5, 0.6) is 0 Å². The van der Waals surface area contributed by atoms with Crippen molar-refractivity contribution in [1.29, 1.82) is 0 Å². The van der Waals surface area contributed by atoms with E-state index in [0.29, 0.717) is 17.0 Å². The zero-order valence-electron chi connectivity index (χ0n) is 6.51. The summed E-state index contributed by atoms with van der Waals surface area (Å²) in [5.41, 5.74) is 1.64. The highest BCUT2D eigenvalue weighted by Gasteiger charge is 2.12. The van der Waals surface area contributed by atoms with Crippen LogP contribution in [0, 0.1) is 6.92 Å². The Morgan fingerprint density at radius 2 is 2.36 bits per heavy atom. The fourth-order valence-electron chi connectivity index (χ4n) is 1.06. The van der Waals surface area contributed by atoms with Gasteiger partial charge in [0.2, 0.25) is 0 Å². The molecule has 0 fully saturated rings. The molecule has 0 unspecified atom stereocenters. The van der Waals surface area contributed by atoms with Gasteiger partial charge >= 0.3 is 0 Å². The third-order valence-electron chi connectivity index (χ3n) is 1.52. The zero-order valence-corrected chi connectivity index (χ0v) is 6.51. The number of aryl methyl sites for hydroxylation is 1. The van der Waals surface area contributed by atoms with Gasteiger partial charge in [0.1, 0.15) is 0 Å². The topological polar surface area (TPSA) is 66.0 Å². The normalized spacial score (nSPS) is 10.1. The number of nitrogens with one attached hydrogen (secondary N) is 1. The van der Waals surface area contributed by atoms with Gasteiger partial charge in [-0.25, -0.2) is 0 Å². The number of hydrogen-bond acceptors (Lipinski definition) is 3. The van der Waals surface area contributed by atoms with E-state index >= 15 is 0 Å². The smallest absolute Gasteiger partial charge is 0.163 e. The molecule has 0 aromatic carbocycles. The minimum Gasteiger partial charge on any atom is -0.390 e. The maximum atomic E-state index is 10.9. The van der Waals surface area contributed by atoms with Crippen LogP contribution >= 0.6 is 0 Å². The molecule has 1 aromatic heterocycles. The Bertz CT molecular complexity index is 278. The number of ketones is 1. The first kappa shape index (κ1) is 7.94. The highest BCUT2D eigenvalue weighted by molar-refractivity contribution is 5.96. The van der Waals surface area contributed by atoms with Crippen LogP contribution in [0.4, 0.5) is 0 Å². The van der Waals surface area contributed by atoms with E-state index in [1.54, 1.807) is 6.92 Å². The second kappa shape index (κ2) is 2.84. The molecule has 0 aliphatic carbocycles. The minimum absolute atomic E-state index is 0.0692. The number of aromatic amines is 1. The van der Waals surface area contributed by atoms with Crippen LogP contribution in [0.1, 0.15) is 28.7 Å². The third-order valence-corrected chi connectivity index (χ3v) is 1.52. The number of carbonyl (C=O) groups excluding carboxylic acids is 1. The Kier molecular flexibility index (Phi) is 2.05. The van der Waals surface area contributed by atoms with Crippen molar-refractivity contribution in [1.82, 2.24) is 10.2 Å². The van der Waals surface area contributed by atoms with Crippen LogP contribution in [0.25, 0.3) is 0 Å². The van der Waals surface area contributed by atoms with E-state index in [9.17, 15) is 4.79 Å². The van der Waals surface area contributed by atoms with E-state index in [4.69, 9.17) is 5.11 Å². The molecule has 60 valence electrons. The van der Waals surface area contributed by atoms with Gasteiger partial charge in [-0.1, -0.05) is 0 Å². The summed E-state index contributed by atoms with van der Waals surface area (Å²) in [4.78, 5) is 10.9. The summed E-state index contributed by atoms with van der Waals surface area (Å²) in [6.45, 7) is 3.01. The van der Waals surface area contributed by atoms with Crippen molar-refractivity contribution in [3.63, 3.8) is 0 Å². The van der Waals surface area contributed by atoms with Crippen molar-refractivity contribution in [2.75, 3.05) is 0 Å². The molecule has 4 heteroatoms. The van der Waals surface area contributed by atoms with Gasteiger partial charge in [-0.2, -0.15) is 5.10 Å². The van der Waals surface area contributed by atoms with E-state index < -0.39 is 0 Å². The van der Waals surface area contributed by atoms with Crippen LogP contribution in [-0.4, -0.2) is 21.1 Å². The Morgan fingerprint density at radius 3 is 2.73 bits per heavy atom. The fourth-order valence-corrected chi connectivity index (χ4v) is 1.06. The molecular formula is C7H10N2O2. The SMILES string of the molecule is CC(=O)c1c(CO)n[nH]c1C. The van der Waals surface area contributed by atoms with Gasteiger partial charge in [-0.05, 0) is 13.8 Å². The van der Waals surface area contributed by atoms with E-state index in [1.165, 1.54) is 6.92 Å². The maximum Gasteiger partial charge on any atom is 0.163 e. The van der Waals surface area contributed by atoms with Gasteiger partial charge in [-0.15, -0.1) is 0 Å². The van der Waals surface area contributed by atoms with Crippen molar-refractivity contribution >= 4 is 5.78 Å². The largest absolute Gasteiger partial charge is 0.390 e. The third kappa shape index (κ3) is 1.30. The van der Waals surface area contributed by atoms with Crippen molar-refractivity contribution in [2.24, 2.45) is 0 Å². The summed E-state index contributed by atoms with van der Waals surface area (Å²) in [6.07, 6.45) is 0. The Morgan fingerprint density at radius 1 is 1.73 bits per heavy atom. The van der Waals surface area contributed by atoms with Gasteiger partial charge in [0.25, 0.3) is 0 Å². The highest BCUT2D eigenvalue weighted by atomic mass is 16.3. The van der Waals surface area contributed by atoms with Crippen molar-refractivity contribution in [3.8, 4) is 0 Å². The van der Waals surface area contributed by atoms with Gasteiger partial charge in [-0.3, -0.25) is 9.89 Å². The molecule has 4 nitrogen and oxygen atoms in total. The van der Waals surface area contributed by atoms with Crippen LogP contribution in [0.15, 0.2) is 0 Å². The number of hydrogen-bond donors (Lipinski definition) is 2. The van der Waals surface area contributed by atoms with Crippen molar-refractivity contribution in [2.45, 2.75) is 20.5 Å². The first-order valence-electron chi connectivity index (χ1n) is 3.32. The lowest BCUT2D eigenvalue weighted by Crippen LogP contribution is -1.98. The molecule has 0 amide bonds. The molecule has 2 N–H and O–H groups in total. The molecule has 0 saturated carbocycles. The minimum atomic E-state index is -0.195. The summed E-state index contributed by atoms with van der Waals surface area (Å²) in [7, 11) is 0. The summed E-state index contributed by atoms with van der Waals surface area (Å²) in [6, 6.07) is 0. The van der Waals surface area contributed by atoms with Crippen LogP contribution in [0.2, 0.25) is 0 Å². The fraction of sp³-hybridized carbons (Fsp3) is 0.429. The molecule has 11 heavy (non-hydrogen) atoms. The molecule has 0 bridgehead atoms. The summed E-state index contributed by atoms with van der Waals surface area (Å²) < 4.78 is 0. The van der Waals surface area contributed by atoms with Crippen molar-refractivity contribution in [3.05, 3.63) is 17.0 Å². The number of H-pyrrole nitrogens is 1. The van der Waals surface area contributed by atoms with Crippen molar-refractivity contribution < 1.29 is 9.90 Å². The molecule has 0 aliphatic rings. The molecule has 1 rings (SSSR count). The van der Waals surface area contributed by atoms with E-state index in [2.05, 4.69) is 10.2 Å². The Labute approximate surface area is 64.2 Å². The predicted molar refractivity (Wildman–Crippen MR) is 39.3 cm³/mol. The highest BCUT2D eigenvalue weighted by Crippen LogP contribution is 2.10. The first-order valence-corrected chi connectivity index (χ1v) is 3.32. The number of aromatic nitrogens is 2. The quantitative estimate of drug-likeness (QED) is 0.606. The van der Waals surface area contributed by atoms with Gasteiger partial charge in [0.15, 0.2) is 5.78 Å². The average Bonchev–Trinajstić information content (AvgIpc) is 2.30. The summed E-state index contributed by atoms with van der Waals surface area (Å²) in [5.74, 6) is -0.0692. The molecule has 0 aliphatic heterocycles. The first-order chi connectivity index (χ1) is 5.16. The zero-order chi connectivity index (χ0) is 8.43. The van der Waals surface area contributed by atoms with Gasteiger partial charge in [0, 0.05) is 5.69 Å². The summed E-state index contributed by atoms with van der Waals surface area (Å²) in [5, 5.41) is 15.1. The summed E-state index contributed by atoms with van der Waals surface area (Å²) >= 11 is 0. The van der Waals surface area contributed by atoms with E-state index in [0.717, 1.165) is 0 Å². The molecular weight excluding hydrogens is 144 g/mol. The molecule has 0 saturated heterocycles. The Balaban J connectivity index is 3.17. The number of carbonyl (C=O) groups is 1. The number of aliphatic hydroxyl groups excluding tert-OH is 1. The standard InChI is InChI=1S/C7H10N2O2/c1-4-7(5(2)11)6(3-10)9-8-4/h10H,3H2,1-2H3,(H,8,9). The van der Waals surface area contributed by atoms with Crippen LogP contribution in [-0.2, 0) is 6.61 Å². The number of Topliss-reactive ketones (excluding diaryl/α,β-unsaturated/α-hetero) is 1. The monoisotopic (exact) mass is 154 g/mol. The number of rotatable bonds is 2. The molecule has 1 aromatic rings. The molecule has 0 radical (unpaired) electrons. The lowest BCUT2D eigenvalue weighted by molar-refractivity contribution is 0.101. The predicted octanol–water partition coefficient (Wildman–Crippen LogP) is 0.413. The van der Waals surface area contributed by atoms with Gasteiger partial charge < -0.3 is 5.11 Å². The molecule has 1 heterocycles. The second-order valence-corrected chi connectivity index (χ2v) is 2.38. The average molecular weight is 154 g/mol. The van der Waals surface area contributed by atoms with E-state index in [1.807, 2.05) is 0 Å². The molecule has 0 atom stereocenters. The molecule has 0 spiro atoms.